The van der Waals surface area contributed by atoms with Gasteiger partial charge in [-0.3, -0.25) is 9.97 Å². The van der Waals surface area contributed by atoms with E-state index in [0.29, 0.717) is 26.4 Å². The normalized spacial score (nSPS) is 10.8. The van der Waals surface area contributed by atoms with Crippen molar-refractivity contribution in [3.63, 3.8) is 0 Å². The molecule has 2 rings (SSSR count). The number of aliphatic hydroxyl groups is 2. The Hall–Kier alpha value is -1.86. The molecule has 0 aliphatic rings. The molecule has 118 valence electrons. The van der Waals surface area contributed by atoms with Gasteiger partial charge in [0.25, 0.3) is 0 Å². The van der Waals surface area contributed by atoms with Gasteiger partial charge in [0.15, 0.2) is 0 Å². The highest BCUT2D eigenvalue weighted by Crippen LogP contribution is 2.15. The fourth-order valence-corrected chi connectivity index (χ4v) is 1.83. The fraction of sp³-hybridized carbons (Fsp3) is 0.375. The number of hydrogen-bond acceptors (Lipinski definition) is 6. The van der Waals surface area contributed by atoms with Crippen LogP contribution in [0.1, 0.15) is 11.1 Å². The maximum Gasteiger partial charge on any atom is 0.0886 e. The third-order valence-corrected chi connectivity index (χ3v) is 2.92. The number of nitrogens with zero attached hydrogens (tertiary/aromatic N) is 2. The van der Waals surface area contributed by atoms with E-state index < -0.39 is 0 Å². The lowest BCUT2D eigenvalue weighted by atomic mass is 10.2. The van der Waals surface area contributed by atoms with Crippen LogP contribution >= 0.6 is 0 Å². The minimum absolute atomic E-state index is 0.0177. The molecule has 0 spiro atoms. The van der Waals surface area contributed by atoms with Crippen LogP contribution in [0.5, 0.6) is 0 Å². The van der Waals surface area contributed by atoms with Crippen LogP contribution in [-0.2, 0) is 22.7 Å². The molecule has 0 atom stereocenters. The van der Waals surface area contributed by atoms with E-state index >= 15 is 0 Å². The van der Waals surface area contributed by atoms with Gasteiger partial charge in [-0.25, -0.2) is 0 Å². The molecule has 0 fully saturated rings. The largest absolute Gasteiger partial charge is 0.394 e. The lowest BCUT2D eigenvalue weighted by Gasteiger charge is -2.05. The highest BCUT2D eigenvalue weighted by atomic mass is 16.5. The SMILES string of the molecule is OCCOCc1ccc(-c2ccc(COCCO)cn2)nc1. The smallest absolute Gasteiger partial charge is 0.0886 e. The van der Waals surface area contributed by atoms with Gasteiger partial charge in [0.05, 0.1) is 51.0 Å². The molecule has 0 aliphatic heterocycles. The Kier molecular flexibility index (Phi) is 6.92. The van der Waals surface area contributed by atoms with Crippen LogP contribution < -0.4 is 0 Å². The van der Waals surface area contributed by atoms with Crippen molar-refractivity contribution < 1.29 is 19.7 Å². The zero-order chi connectivity index (χ0) is 15.6. The van der Waals surface area contributed by atoms with E-state index in [1.807, 2.05) is 24.3 Å². The van der Waals surface area contributed by atoms with Crippen LogP contribution in [0.15, 0.2) is 36.7 Å². The summed E-state index contributed by atoms with van der Waals surface area (Å²) in [7, 11) is 0. The molecule has 0 radical (unpaired) electrons. The predicted molar refractivity (Wildman–Crippen MR) is 81.0 cm³/mol. The summed E-state index contributed by atoms with van der Waals surface area (Å²) >= 11 is 0. The summed E-state index contributed by atoms with van der Waals surface area (Å²) in [6.45, 7) is 1.55. The Balaban J connectivity index is 1.93. The zero-order valence-corrected chi connectivity index (χ0v) is 12.3. The first-order valence-electron chi connectivity index (χ1n) is 7.11. The minimum atomic E-state index is 0.0177. The van der Waals surface area contributed by atoms with Crippen LogP contribution in [0.3, 0.4) is 0 Å². The molecule has 0 aromatic carbocycles. The van der Waals surface area contributed by atoms with E-state index in [1.54, 1.807) is 12.4 Å². The quantitative estimate of drug-likeness (QED) is 0.676. The lowest BCUT2D eigenvalue weighted by Crippen LogP contribution is -2.00. The van der Waals surface area contributed by atoms with Crippen LogP contribution in [0.25, 0.3) is 11.4 Å². The Labute approximate surface area is 129 Å². The summed E-state index contributed by atoms with van der Waals surface area (Å²) in [6.07, 6.45) is 3.49. The first-order chi connectivity index (χ1) is 10.8. The average Bonchev–Trinajstić information content (AvgIpc) is 2.57. The van der Waals surface area contributed by atoms with E-state index in [-0.39, 0.29) is 13.2 Å². The number of rotatable bonds is 9. The van der Waals surface area contributed by atoms with E-state index in [2.05, 4.69) is 9.97 Å². The van der Waals surface area contributed by atoms with E-state index in [9.17, 15) is 0 Å². The molecule has 2 aromatic rings. The van der Waals surface area contributed by atoms with E-state index in [1.165, 1.54) is 0 Å². The summed E-state index contributed by atoms with van der Waals surface area (Å²) in [5.74, 6) is 0. The highest BCUT2D eigenvalue weighted by molar-refractivity contribution is 5.53. The van der Waals surface area contributed by atoms with Crippen molar-refractivity contribution in [1.82, 2.24) is 9.97 Å². The minimum Gasteiger partial charge on any atom is -0.394 e. The molecule has 0 bridgehead atoms. The molecule has 0 unspecified atom stereocenters. The standard InChI is InChI=1S/C16H20N2O4/c19-5-7-21-11-13-1-3-15(17-9-13)16-4-2-14(10-18-16)12-22-8-6-20/h1-4,9-10,19-20H,5-8,11-12H2. The molecular weight excluding hydrogens is 284 g/mol. The topological polar surface area (TPSA) is 84.7 Å². The Morgan fingerprint density at radius 3 is 1.50 bits per heavy atom. The van der Waals surface area contributed by atoms with Crippen LogP contribution in [0.2, 0.25) is 0 Å². The Bertz CT molecular complexity index is 492. The summed E-state index contributed by atoms with van der Waals surface area (Å²) in [5.41, 5.74) is 3.47. The molecule has 0 saturated carbocycles. The maximum atomic E-state index is 8.66. The molecule has 22 heavy (non-hydrogen) atoms. The summed E-state index contributed by atoms with van der Waals surface area (Å²) in [6, 6.07) is 7.64. The second kappa shape index (κ2) is 9.22. The van der Waals surface area contributed by atoms with Gasteiger partial charge in [0.1, 0.15) is 0 Å². The lowest BCUT2D eigenvalue weighted by molar-refractivity contribution is 0.0814. The third kappa shape index (κ3) is 5.16. The maximum absolute atomic E-state index is 8.66. The van der Waals surface area contributed by atoms with Crippen LogP contribution in [0.4, 0.5) is 0 Å². The molecule has 2 N–H and O–H groups in total. The van der Waals surface area contributed by atoms with Crippen LogP contribution in [0, 0.1) is 0 Å². The number of aliphatic hydroxyl groups excluding tert-OH is 2. The Morgan fingerprint density at radius 1 is 0.727 bits per heavy atom. The van der Waals surface area contributed by atoms with Gasteiger partial charge >= 0.3 is 0 Å². The summed E-state index contributed by atoms with van der Waals surface area (Å²) < 4.78 is 10.5. The number of pyridine rings is 2. The highest BCUT2D eigenvalue weighted by Gasteiger charge is 2.02. The molecule has 0 saturated heterocycles. The molecule has 0 aliphatic carbocycles. The second-order valence-corrected chi connectivity index (χ2v) is 4.66. The molecule has 6 heteroatoms. The Morgan fingerprint density at radius 2 is 1.18 bits per heavy atom. The van der Waals surface area contributed by atoms with Crippen molar-refractivity contribution in [2.75, 3.05) is 26.4 Å². The van der Waals surface area contributed by atoms with Crippen molar-refractivity contribution in [2.24, 2.45) is 0 Å². The third-order valence-electron chi connectivity index (χ3n) is 2.92. The zero-order valence-electron chi connectivity index (χ0n) is 12.3. The van der Waals surface area contributed by atoms with Crippen LogP contribution in [-0.4, -0.2) is 46.6 Å². The molecule has 2 heterocycles. The summed E-state index contributed by atoms with van der Waals surface area (Å²) in [4.78, 5) is 8.73. The monoisotopic (exact) mass is 304 g/mol. The van der Waals surface area contributed by atoms with Gasteiger partial charge in [-0.15, -0.1) is 0 Å². The van der Waals surface area contributed by atoms with Gasteiger partial charge in [-0.2, -0.15) is 0 Å². The van der Waals surface area contributed by atoms with Gasteiger partial charge in [0.2, 0.25) is 0 Å². The first kappa shape index (κ1) is 16.5. The van der Waals surface area contributed by atoms with Crippen molar-refractivity contribution in [1.29, 1.82) is 0 Å². The number of ether oxygens (including phenoxy) is 2. The average molecular weight is 304 g/mol. The van der Waals surface area contributed by atoms with Crippen molar-refractivity contribution in [3.05, 3.63) is 47.8 Å². The van der Waals surface area contributed by atoms with Crippen molar-refractivity contribution in [3.8, 4) is 11.4 Å². The molecule has 2 aromatic heterocycles. The summed E-state index contributed by atoms with van der Waals surface area (Å²) in [5, 5.41) is 17.3. The fourth-order valence-electron chi connectivity index (χ4n) is 1.83. The van der Waals surface area contributed by atoms with Gasteiger partial charge in [0, 0.05) is 12.4 Å². The predicted octanol–water partition coefficient (Wildman–Crippen LogP) is 1.16. The molecular formula is C16H20N2O4. The van der Waals surface area contributed by atoms with Gasteiger partial charge in [-0.05, 0) is 23.3 Å². The van der Waals surface area contributed by atoms with E-state index in [4.69, 9.17) is 19.7 Å². The number of aromatic nitrogens is 2. The van der Waals surface area contributed by atoms with Gasteiger partial charge in [-0.1, -0.05) is 12.1 Å². The second-order valence-electron chi connectivity index (χ2n) is 4.66. The number of hydrogen-bond donors (Lipinski definition) is 2. The first-order valence-corrected chi connectivity index (χ1v) is 7.11. The van der Waals surface area contributed by atoms with Crippen molar-refractivity contribution in [2.45, 2.75) is 13.2 Å². The van der Waals surface area contributed by atoms with Crippen molar-refractivity contribution >= 4 is 0 Å². The van der Waals surface area contributed by atoms with Gasteiger partial charge < -0.3 is 19.7 Å². The molecule has 0 amide bonds. The van der Waals surface area contributed by atoms with E-state index in [0.717, 1.165) is 22.5 Å². The molecule has 6 nitrogen and oxygen atoms in total.